The average Bonchev–Trinajstić information content (AvgIpc) is 3.14. The summed E-state index contributed by atoms with van der Waals surface area (Å²) in [6, 6.07) is -0.382. The lowest BCUT2D eigenvalue weighted by atomic mass is 10.1. The van der Waals surface area contributed by atoms with Gasteiger partial charge < -0.3 is 16.0 Å². The molecule has 1 rings (SSSR count). The summed E-state index contributed by atoms with van der Waals surface area (Å²) in [6.45, 7) is 8.63. The summed E-state index contributed by atoms with van der Waals surface area (Å²) in [6.07, 6.45) is 2.42. The molecule has 1 aliphatic rings. The molecule has 1 fully saturated rings. The van der Waals surface area contributed by atoms with Gasteiger partial charge in [0.05, 0.1) is 12.6 Å². The zero-order chi connectivity index (χ0) is 14.6. The van der Waals surface area contributed by atoms with Crippen molar-refractivity contribution in [3.8, 4) is 0 Å². The molecule has 5 heteroatoms. The van der Waals surface area contributed by atoms with E-state index in [0.717, 1.165) is 6.54 Å². The minimum atomic E-state index is -0.552. The fraction of sp³-hybridized carbons (Fsp3) is 0.857. The summed E-state index contributed by atoms with van der Waals surface area (Å²) < 4.78 is 0. The zero-order valence-corrected chi connectivity index (χ0v) is 12.5. The minimum Gasteiger partial charge on any atom is -0.346 e. The summed E-state index contributed by atoms with van der Waals surface area (Å²) in [5.41, 5.74) is 5.74. The Hall–Kier alpha value is -1.10. The van der Waals surface area contributed by atoms with E-state index >= 15 is 0 Å². The second-order valence-corrected chi connectivity index (χ2v) is 6.07. The van der Waals surface area contributed by atoms with E-state index in [4.69, 9.17) is 5.73 Å². The number of hydrogen-bond donors (Lipinski definition) is 2. The lowest BCUT2D eigenvalue weighted by Crippen LogP contribution is -2.49. The van der Waals surface area contributed by atoms with Crippen LogP contribution in [0.3, 0.4) is 0 Å². The topological polar surface area (TPSA) is 75.4 Å². The molecule has 110 valence electrons. The van der Waals surface area contributed by atoms with Crippen molar-refractivity contribution in [2.75, 3.05) is 13.1 Å². The molecule has 1 aliphatic carbocycles. The number of nitrogens with one attached hydrogen (secondary N) is 1. The van der Waals surface area contributed by atoms with Crippen molar-refractivity contribution in [3.63, 3.8) is 0 Å². The van der Waals surface area contributed by atoms with Gasteiger partial charge in [-0.2, -0.15) is 0 Å². The van der Waals surface area contributed by atoms with Crippen molar-refractivity contribution < 1.29 is 9.59 Å². The highest BCUT2D eigenvalue weighted by molar-refractivity contribution is 5.87. The summed E-state index contributed by atoms with van der Waals surface area (Å²) in [5.74, 6) is 0.451. The summed E-state index contributed by atoms with van der Waals surface area (Å²) in [7, 11) is 0. The molecule has 0 aliphatic heterocycles. The third-order valence-electron chi connectivity index (χ3n) is 3.53. The number of nitrogens with zero attached hydrogens (tertiary/aromatic N) is 1. The van der Waals surface area contributed by atoms with Crippen molar-refractivity contribution >= 4 is 11.8 Å². The van der Waals surface area contributed by atoms with Crippen LogP contribution in [0.1, 0.15) is 40.5 Å². The molecule has 19 heavy (non-hydrogen) atoms. The van der Waals surface area contributed by atoms with E-state index in [9.17, 15) is 9.59 Å². The first kappa shape index (κ1) is 16.0. The first-order valence-electron chi connectivity index (χ1n) is 7.15. The van der Waals surface area contributed by atoms with Gasteiger partial charge in [0.2, 0.25) is 11.8 Å². The molecule has 0 aromatic carbocycles. The molecule has 0 aromatic rings. The molecular weight excluding hydrogens is 242 g/mol. The molecule has 2 amide bonds. The van der Waals surface area contributed by atoms with Crippen LogP contribution >= 0.6 is 0 Å². The standard InChI is InChI=1S/C14H27N3O2/c1-9(2)13(15)14(19)16-7-12(18)17(10(3)4)8-11-5-6-11/h9-11,13H,5-8,15H2,1-4H3,(H,16,19)/t13-/m0/s1. The van der Waals surface area contributed by atoms with Crippen molar-refractivity contribution in [2.24, 2.45) is 17.6 Å². The lowest BCUT2D eigenvalue weighted by Gasteiger charge is -2.27. The van der Waals surface area contributed by atoms with E-state index in [1.807, 2.05) is 32.6 Å². The Morgan fingerprint density at radius 2 is 1.84 bits per heavy atom. The number of amides is 2. The summed E-state index contributed by atoms with van der Waals surface area (Å²) >= 11 is 0. The Bertz CT molecular complexity index is 325. The molecular formula is C14H27N3O2. The molecule has 3 N–H and O–H groups in total. The normalized spacial score (nSPS) is 16.6. The summed E-state index contributed by atoms with van der Waals surface area (Å²) in [5, 5.41) is 2.64. The van der Waals surface area contributed by atoms with Crippen LogP contribution in [0.5, 0.6) is 0 Å². The highest BCUT2D eigenvalue weighted by Gasteiger charge is 2.28. The summed E-state index contributed by atoms with van der Waals surface area (Å²) in [4.78, 5) is 25.7. The molecule has 0 radical (unpaired) electrons. The molecule has 0 aromatic heterocycles. The second-order valence-electron chi connectivity index (χ2n) is 6.07. The van der Waals surface area contributed by atoms with Crippen molar-refractivity contribution in [2.45, 2.75) is 52.6 Å². The van der Waals surface area contributed by atoms with Crippen LogP contribution in [0, 0.1) is 11.8 Å². The number of carbonyl (C=O) groups is 2. The van der Waals surface area contributed by atoms with Gasteiger partial charge >= 0.3 is 0 Å². The molecule has 5 nitrogen and oxygen atoms in total. The monoisotopic (exact) mass is 269 g/mol. The van der Waals surface area contributed by atoms with Crippen molar-refractivity contribution in [3.05, 3.63) is 0 Å². The Morgan fingerprint density at radius 3 is 2.26 bits per heavy atom. The van der Waals surface area contributed by atoms with Crippen LogP contribution in [0.25, 0.3) is 0 Å². The maximum absolute atomic E-state index is 12.1. The molecule has 0 saturated heterocycles. The van der Waals surface area contributed by atoms with Crippen LogP contribution < -0.4 is 11.1 Å². The van der Waals surface area contributed by atoms with Gasteiger partial charge in [0.25, 0.3) is 0 Å². The maximum atomic E-state index is 12.1. The molecule has 1 saturated carbocycles. The van der Waals surface area contributed by atoms with Gasteiger partial charge in [-0.25, -0.2) is 0 Å². The second kappa shape index (κ2) is 6.89. The smallest absolute Gasteiger partial charge is 0.242 e. The van der Waals surface area contributed by atoms with Gasteiger partial charge in [-0.05, 0) is 38.5 Å². The quantitative estimate of drug-likeness (QED) is 0.715. The number of rotatable bonds is 7. The first-order valence-corrected chi connectivity index (χ1v) is 7.15. The largest absolute Gasteiger partial charge is 0.346 e. The first-order chi connectivity index (χ1) is 8.82. The molecule has 0 spiro atoms. The van der Waals surface area contributed by atoms with Crippen LogP contribution in [-0.2, 0) is 9.59 Å². The highest BCUT2D eigenvalue weighted by atomic mass is 16.2. The third kappa shape index (κ3) is 5.19. The number of carbonyl (C=O) groups excluding carboxylic acids is 2. The van der Waals surface area contributed by atoms with Crippen LogP contribution in [-0.4, -0.2) is 41.9 Å². The average molecular weight is 269 g/mol. The van der Waals surface area contributed by atoms with E-state index < -0.39 is 6.04 Å². The number of hydrogen-bond acceptors (Lipinski definition) is 3. The SMILES string of the molecule is CC(C)[C@H](N)C(=O)NCC(=O)N(CC1CC1)C(C)C. The Balaban J connectivity index is 2.41. The van der Waals surface area contributed by atoms with Gasteiger partial charge in [0.15, 0.2) is 0 Å². The van der Waals surface area contributed by atoms with Crippen LogP contribution in [0.4, 0.5) is 0 Å². The highest BCUT2D eigenvalue weighted by Crippen LogP contribution is 2.30. The van der Waals surface area contributed by atoms with Crippen molar-refractivity contribution in [1.82, 2.24) is 10.2 Å². The molecule has 0 unspecified atom stereocenters. The van der Waals surface area contributed by atoms with Crippen LogP contribution in [0.2, 0.25) is 0 Å². The zero-order valence-electron chi connectivity index (χ0n) is 12.5. The predicted molar refractivity (Wildman–Crippen MR) is 75.4 cm³/mol. The van der Waals surface area contributed by atoms with Gasteiger partial charge in [0.1, 0.15) is 0 Å². The fourth-order valence-corrected chi connectivity index (χ4v) is 1.86. The van der Waals surface area contributed by atoms with E-state index in [2.05, 4.69) is 5.32 Å². The fourth-order valence-electron chi connectivity index (χ4n) is 1.86. The molecule has 0 heterocycles. The van der Waals surface area contributed by atoms with Crippen molar-refractivity contribution in [1.29, 1.82) is 0 Å². The van der Waals surface area contributed by atoms with Gasteiger partial charge in [-0.15, -0.1) is 0 Å². The van der Waals surface area contributed by atoms with Gasteiger partial charge in [-0.1, -0.05) is 13.8 Å². The van der Waals surface area contributed by atoms with Crippen LogP contribution in [0.15, 0.2) is 0 Å². The maximum Gasteiger partial charge on any atom is 0.242 e. The Morgan fingerprint density at radius 1 is 1.26 bits per heavy atom. The van der Waals surface area contributed by atoms with E-state index in [-0.39, 0.29) is 30.3 Å². The van der Waals surface area contributed by atoms with Gasteiger partial charge in [-0.3, -0.25) is 9.59 Å². The minimum absolute atomic E-state index is 0.0220. The predicted octanol–water partition coefficient (Wildman–Crippen LogP) is 0.733. The molecule has 0 bridgehead atoms. The van der Waals surface area contributed by atoms with E-state index in [1.54, 1.807) is 0 Å². The Labute approximate surface area is 115 Å². The van der Waals surface area contributed by atoms with Gasteiger partial charge in [0, 0.05) is 12.6 Å². The lowest BCUT2D eigenvalue weighted by molar-refractivity contribution is -0.135. The van der Waals surface area contributed by atoms with E-state index in [1.165, 1.54) is 12.8 Å². The number of nitrogens with two attached hydrogens (primary N) is 1. The van der Waals surface area contributed by atoms with E-state index in [0.29, 0.717) is 5.92 Å². The Kier molecular flexibility index (Phi) is 5.79. The third-order valence-corrected chi connectivity index (χ3v) is 3.53. The molecule has 1 atom stereocenters.